The topological polar surface area (TPSA) is 126 Å². The number of pyridine rings is 1. The van der Waals surface area contributed by atoms with E-state index in [4.69, 9.17) is 4.74 Å². The number of nitrogens with one attached hydrogen (secondary N) is 1. The Morgan fingerprint density at radius 2 is 1.64 bits per heavy atom. The largest absolute Gasteiger partial charge is 0.497 e. The van der Waals surface area contributed by atoms with Crippen molar-refractivity contribution in [3.8, 4) is 5.75 Å². The Bertz CT molecular complexity index is 1780. The van der Waals surface area contributed by atoms with Crippen LogP contribution in [0.2, 0.25) is 0 Å². The predicted octanol–water partition coefficient (Wildman–Crippen LogP) is 3.23. The number of carbonyl (C=O) groups is 1. The van der Waals surface area contributed by atoms with Crippen LogP contribution in [0.4, 0.5) is 0 Å². The number of amides is 1. The summed E-state index contributed by atoms with van der Waals surface area (Å²) in [4.78, 5) is 17.9. The van der Waals surface area contributed by atoms with Gasteiger partial charge in [-0.3, -0.25) is 9.78 Å². The fourth-order valence-corrected chi connectivity index (χ4v) is 8.02. The molecule has 12 heteroatoms. The van der Waals surface area contributed by atoms with Crippen LogP contribution >= 0.6 is 0 Å². The number of methoxy groups -OCH3 is 1. The van der Waals surface area contributed by atoms with Crippen molar-refractivity contribution in [2.75, 3.05) is 33.3 Å². The smallest absolute Gasteiger partial charge is 0.243 e. The number of aromatic nitrogens is 1. The highest BCUT2D eigenvalue weighted by molar-refractivity contribution is 7.89. The number of hydrogen-bond acceptors (Lipinski definition) is 7. The van der Waals surface area contributed by atoms with Crippen molar-refractivity contribution in [3.63, 3.8) is 0 Å². The minimum atomic E-state index is -4.17. The molecule has 1 aliphatic heterocycles. The molecule has 0 aliphatic carbocycles. The molecule has 1 aliphatic rings. The summed E-state index contributed by atoms with van der Waals surface area (Å²) in [6.45, 7) is 1.55. The molecule has 220 valence electrons. The summed E-state index contributed by atoms with van der Waals surface area (Å²) in [6, 6.07) is 22.3. The highest BCUT2D eigenvalue weighted by atomic mass is 32.2. The third-order valence-electron chi connectivity index (χ3n) is 7.43. The maximum atomic E-state index is 13.9. The molecule has 5 rings (SSSR count). The lowest BCUT2D eigenvalue weighted by Crippen LogP contribution is -2.61. The van der Waals surface area contributed by atoms with Crippen molar-refractivity contribution in [3.05, 3.63) is 96.7 Å². The lowest BCUT2D eigenvalue weighted by molar-refractivity contribution is -0.125. The number of nitrogens with zero attached hydrogens (tertiary/aromatic N) is 3. The first-order valence-electron chi connectivity index (χ1n) is 13.4. The molecule has 0 radical (unpaired) electrons. The van der Waals surface area contributed by atoms with Gasteiger partial charge in [0.15, 0.2) is 0 Å². The van der Waals surface area contributed by atoms with Gasteiger partial charge in [-0.25, -0.2) is 16.8 Å². The van der Waals surface area contributed by atoms with Crippen molar-refractivity contribution in [1.29, 1.82) is 0 Å². The molecule has 1 N–H and O–H groups in total. The van der Waals surface area contributed by atoms with Crippen LogP contribution in [0.1, 0.15) is 18.4 Å². The lowest BCUT2D eigenvalue weighted by Gasteiger charge is -2.39. The van der Waals surface area contributed by atoms with Crippen LogP contribution in [-0.4, -0.2) is 75.7 Å². The van der Waals surface area contributed by atoms with Gasteiger partial charge < -0.3 is 10.1 Å². The predicted molar refractivity (Wildman–Crippen MR) is 159 cm³/mol. The quantitative estimate of drug-likeness (QED) is 0.309. The molecule has 1 amide bonds. The Balaban J connectivity index is 1.45. The van der Waals surface area contributed by atoms with Crippen molar-refractivity contribution in [1.82, 2.24) is 18.9 Å². The fraction of sp³-hybridized carbons (Fsp3) is 0.267. The van der Waals surface area contributed by atoms with Gasteiger partial charge in [-0.15, -0.1) is 0 Å². The molecule has 0 spiro atoms. The molecule has 3 aromatic carbocycles. The van der Waals surface area contributed by atoms with Gasteiger partial charge in [0, 0.05) is 37.8 Å². The standard InChI is InChI=1S/C30H32N4O6S2/c1-22(23-7-4-3-5-8-23)20-32-30(35)29-21-33(41(36,37)26-12-10-25(40-2)11-13-26)17-18-34(29)42(38,39)27-14-15-28-24(19-27)9-6-16-31-28/h3-16,19,22,29H,17-18,20-21H2,1-2H3,(H,32,35). The highest BCUT2D eigenvalue weighted by Crippen LogP contribution is 2.28. The third-order valence-corrected chi connectivity index (χ3v) is 11.2. The summed E-state index contributed by atoms with van der Waals surface area (Å²) in [5.74, 6) is -0.116. The zero-order valence-corrected chi connectivity index (χ0v) is 24.9. The molecular weight excluding hydrogens is 576 g/mol. The second-order valence-electron chi connectivity index (χ2n) is 10.1. The molecule has 1 fully saturated rings. The molecule has 2 unspecified atom stereocenters. The van der Waals surface area contributed by atoms with E-state index in [1.807, 2.05) is 37.3 Å². The van der Waals surface area contributed by atoms with E-state index in [1.165, 1.54) is 43.5 Å². The Labute approximate surface area is 246 Å². The second kappa shape index (κ2) is 12.2. The summed E-state index contributed by atoms with van der Waals surface area (Å²) >= 11 is 0. The maximum Gasteiger partial charge on any atom is 0.243 e. The Kier molecular flexibility index (Phi) is 8.60. The lowest BCUT2D eigenvalue weighted by atomic mass is 10.0. The number of carbonyl (C=O) groups excluding carboxylic acids is 1. The minimum absolute atomic E-state index is 0.00455. The van der Waals surface area contributed by atoms with Gasteiger partial charge in [0.2, 0.25) is 26.0 Å². The Morgan fingerprint density at radius 1 is 0.929 bits per heavy atom. The number of hydrogen-bond donors (Lipinski definition) is 1. The summed E-state index contributed by atoms with van der Waals surface area (Å²) < 4.78 is 62.4. The monoisotopic (exact) mass is 608 g/mol. The number of benzene rings is 3. The number of sulfonamides is 2. The average Bonchev–Trinajstić information content (AvgIpc) is 3.03. The zero-order chi connectivity index (χ0) is 29.9. The van der Waals surface area contributed by atoms with E-state index in [9.17, 15) is 21.6 Å². The SMILES string of the molecule is COc1ccc(S(=O)(=O)N2CCN(S(=O)(=O)c3ccc4ncccc4c3)C(C(=O)NCC(C)c3ccccc3)C2)cc1. The van der Waals surface area contributed by atoms with Crippen LogP contribution in [0.15, 0.2) is 101 Å². The van der Waals surface area contributed by atoms with Crippen LogP contribution in [0.25, 0.3) is 10.9 Å². The first-order valence-corrected chi connectivity index (χ1v) is 16.3. The minimum Gasteiger partial charge on any atom is -0.497 e. The van der Waals surface area contributed by atoms with Gasteiger partial charge in [-0.1, -0.05) is 43.3 Å². The fourth-order valence-electron chi connectivity index (χ4n) is 4.98. The number of ether oxygens (including phenoxy) is 1. The number of fused-ring (bicyclic) bond motifs is 1. The molecule has 0 saturated carbocycles. The average molecular weight is 609 g/mol. The van der Waals surface area contributed by atoms with E-state index in [-0.39, 0.29) is 41.9 Å². The Morgan fingerprint density at radius 3 is 2.36 bits per heavy atom. The molecule has 1 saturated heterocycles. The molecule has 2 heterocycles. The van der Waals surface area contributed by atoms with E-state index in [1.54, 1.807) is 24.4 Å². The molecular formula is C30H32N4O6S2. The van der Waals surface area contributed by atoms with E-state index in [0.717, 1.165) is 14.2 Å². The van der Waals surface area contributed by atoms with Crippen LogP contribution < -0.4 is 10.1 Å². The van der Waals surface area contributed by atoms with Crippen molar-refractivity contribution < 1.29 is 26.4 Å². The van der Waals surface area contributed by atoms with E-state index in [2.05, 4.69) is 10.3 Å². The van der Waals surface area contributed by atoms with Crippen LogP contribution in [0, 0.1) is 0 Å². The molecule has 4 aromatic rings. The molecule has 2 atom stereocenters. The van der Waals surface area contributed by atoms with E-state index < -0.39 is 32.0 Å². The van der Waals surface area contributed by atoms with E-state index in [0.29, 0.717) is 16.7 Å². The summed E-state index contributed by atoms with van der Waals surface area (Å²) in [5, 5.41) is 3.50. The van der Waals surface area contributed by atoms with Crippen LogP contribution in [0.5, 0.6) is 5.75 Å². The summed E-state index contributed by atoms with van der Waals surface area (Å²) in [7, 11) is -6.71. The normalized spacial score (nSPS) is 17.5. The molecule has 10 nitrogen and oxygen atoms in total. The van der Waals surface area contributed by atoms with Gasteiger partial charge in [0.05, 0.1) is 22.4 Å². The molecule has 1 aromatic heterocycles. The van der Waals surface area contributed by atoms with Gasteiger partial charge >= 0.3 is 0 Å². The highest BCUT2D eigenvalue weighted by Gasteiger charge is 2.43. The number of piperazine rings is 1. The van der Waals surface area contributed by atoms with Gasteiger partial charge in [0.1, 0.15) is 11.8 Å². The molecule has 42 heavy (non-hydrogen) atoms. The van der Waals surface area contributed by atoms with Crippen LogP contribution in [-0.2, 0) is 24.8 Å². The van der Waals surface area contributed by atoms with Gasteiger partial charge in [-0.2, -0.15) is 8.61 Å². The molecule has 0 bridgehead atoms. The van der Waals surface area contributed by atoms with E-state index >= 15 is 0 Å². The first-order chi connectivity index (χ1) is 20.1. The van der Waals surface area contributed by atoms with Gasteiger partial charge in [-0.05, 0) is 60.0 Å². The maximum absolute atomic E-state index is 13.9. The van der Waals surface area contributed by atoms with Crippen molar-refractivity contribution in [2.45, 2.75) is 28.7 Å². The zero-order valence-electron chi connectivity index (χ0n) is 23.3. The summed E-state index contributed by atoms with van der Waals surface area (Å²) in [5.41, 5.74) is 1.65. The van der Waals surface area contributed by atoms with Crippen molar-refractivity contribution >= 4 is 36.9 Å². The van der Waals surface area contributed by atoms with Gasteiger partial charge in [0.25, 0.3) is 0 Å². The number of rotatable bonds is 9. The third kappa shape index (κ3) is 6.02. The second-order valence-corrected chi connectivity index (χ2v) is 13.9. The first kappa shape index (κ1) is 29.6. The Hall–Kier alpha value is -3.84. The summed E-state index contributed by atoms with van der Waals surface area (Å²) in [6.07, 6.45) is 1.62. The van der Waals surface area contributed by atoms with Crippen molar-refractivity contribution in [2.24, 2.45) is 0 Å². The van der Waals surface area contributed by atoms with Crippen LogP contribution in [0.3, 0.4) is 0 Å².